The van der Waals surface area contributed by atoms with Crippen LogP contribution in [0.2, 0.25) is 0 Å². The van der Waals surface area contributed by atoms with Gasteiger partial charge in [-0.25, -0.2) is 9.78 Å². The van der Waals surface area contributed by atoms with Crippen LogP contribution in [0.3, 0.4) is 0 Å². The predicted molar refractivity (Wildman–Crippen MR) is 73.2 cm³/mol. The number of nitro groups is 1. The van der Waals surface area contributed by atoms with E-state index in [1.54, 1.807) is 16.7 Å². The summed E-state index contributed by atoms with van der Waals surface area (Å²) in [6.07, 6.45) is 1.43. The van der Waals surface area contributed by atoms with Crippen molar-refractivity contribution in [3.8, 4) is 0 Å². The first-order valence-electron chi connectivity index (χ1n) is 5.95. The molecular weight excluding hydrogens is 278 g/mol. The number of nitrogens with one attached hydrogen (secondary N) is 2. The van der Waals surface area contributed by atoms with Gasteiger partial charge in [-0.15, -0.1) is 0 Å². The molecule has 0 unspecified atom stereocenters. The zero-order valence-electron chi connectivity index (χ0n) is 10.6. The maximum atomic E-state index is 11.8. The monoisotopic (exact) mass is 287 g/mol. The maximum absolute atomic E-state index is 11.8. The first kappa shape index (κ1) is 12.8. The highest BCUT2D eigenvalue weighted by Gasteiger charge is 2.10. The number of imidazole rings is 1. The van der Waals surface area contributed by atoms with Crippen LogP contribution in [0.15, 0.2) is 40.2 Å². The Bertz CT molecular complexity index is 935. The summed E-state index contributed by atoms with van der Waals surface area (Å²) in [4.78, 5) is 41.6. The Labute approximate surface area is 116 Å². The molecule has 9 nitrogen and oxygen atoms in total. The van der Waals surface area contributed by atoms with Gasteiger partial charge in [0.15, 0.2) is 11.2 Å². The molecule has 2 heterocycles. The summed E-state index contributed by atoms with van der Waals surface area (Å²) in [7, 11) is 0. The van der Waals surface area contributed by atoms with Gasteiger partial charge in [0.25, 0.3) is 11.2 Å². The normalized spacial score (nSPS) is 10.9. The van der Waals surface area contributed by atoms with Crippen LogP contribution < -0.4 is 11.2 Å². The Morgan fingerprint density at radius 3 is 2.57 bits per heavy atom. The molecule has 0 amide bonds. The number of benzene rings is 1. The molecule has 0 aliphatic rings. The first-order chi connectivity index (χ1) is 10.0. The predicted octanol–water partition coefficient (Wildman–Crippen LogP) is 0.369. The molecule has 0 spiro atoms. The second-order valence-electron chi connectivity index (χ2n) is 4.40. The van der Waals surface area contributed by atoms with Crippen molar-refractivity contribution < 1.29 is 4.92 Å². The van der Waals surface area contributed by atoms with Crippen molar-refractivity contribution in [1.82, 2.24) is 19.5 Å². The molecule has 0 aliphatic carbocycles. The topological polar surface area (TPSA) is 127 Å². The molecular formula is C12H9N5O4. The molecule has 1 aromatic carbocycles. The van der Waals surface area contributed by atoms with Crippen LogP contribution in [-0.2, 0) is 6.54 Å². The Morgan fingerprint density at radius 1 is 1.19 bits per heavy atom. The molecule has 0 bridgehead atoms. The van der Waals surface area contributed by atoms with E-state index in [9.17, 15) is 19.7 Å². The highest BCUT2D eigenvalue weighted by molar-refractivity contribution is 5.68. The van der Waals surface area contributed by atoms with Gasteiger partial charge in [0, 0.05) is 18.7 Å². The summed E-state index contributed by atoms with van der Waals surface area (Å²) in [5, 5.41) is 10.6. The van der Waals surface area contributed by atoms with Crippen molar-refractivity contribution in [2.24, 2.45) is 0 Å². The van der Waals surface area contributed by atoms with Crippen LogP contribution in [0.1, 0.15) is 5.56 Å². The minimum absolute atomic E-state index is 0.00332. The Morgan fingerprint density at radius 2 is 1.90 bits per heavy atom. The summed E-state index contributed by atoms with van der Waals surface area (Å²) < 4.78 is 1.56. The minimum atomic E-state index is -0.618. The number of nitrogens with zero attached hydrogens (tertiary/aromatic N) is 3. The molecule has 21 heavy (non-hydrogen) atoms. The van der Waals surface area contributed by atoms with E-state index < -0.39 is 16.2 Å². The highest BCUT2D eigenvalue weighted by Crippen LogP contribution is 2.14. The van der Waals surface area contributed by atoms with Gasteiger partial charge in [0.2, 0.25) is 0 Å². The summed E-state index contributed by atoms with van der Waals surface area (Å²) in [5.41, 5.74) is 0.0572. The number of fused-ring (bicyclic) bond motifs is 1. The van der Waals surface area contributed by atoms with Crippen LogP contribution in [-0.4, -0.2) is 24.4 Å². The lowest BCUT2D eigenvalue weighted by molar-refractivity contribution is -0.384. The number of hydrogen-bond donors (Lipinski definition) is 2. The van der Waals surface area contributed by atoms with Crippen molar-refractivity contribution in [2.75, 3.05) is 0 Å². The molecule has 9 heteroatoms. The SMILES string of the molecule is O=c1[nH]c(=O)c2c(ncn2Cc2ccc([N+](=O)[O-])cc2)[nH]1. The summed E-state index contributed by atoms with van der Waals surface area (Å²) in [6.45, 7) is 0.309. The third-order valence-electron chi connectivity index (χ3n) is 3.01. The number of rotatable bonds is 3. The van der Waals surface area contributed by atoms with Gasteiger partial charge in [-0.05, 0) is 5.56 Å². The smallest absolute Gasteiger partial charge is 0.320 e. The number of nitro benzene ring substituents is 1. The van der Waals surface area contributed by atoms with Crippen LogP contribution in [0.4, 0.5) is 5.69 Å². The Hall–Kier alpha value is -3.23. The fourth-order valence-corrected chi connectivity index (χ4v) is 2.05. The molecule has 0 radical (unpaired) electrons. The average Bonchev–Trinajstić information content (AvgIpc) is 2.82. The van der Waals surface area contributed by atoms with Gasteiger partial charge >= 0.3 is 5.69 Å². The van der Waals surface area contributed by atoms with Crippen LogP contribution in [0, 0.1) is 10.1 Å². The van der Waals surface area contributed by atoms with Crippen molar-refractivity contribution in [3.05, 3.63) is 67.1 Å². The molecule has 0 atom stereocenters. The van der Waals surface area contributed by atoms with Gasteiger partial charge in [-0.2, -0.15) is 0 Å². The summed E-state index contributed by atoms with van der Waals surface area (Å²) >= 11 is 0. The van der Waals surface area contributed by atoms with E-state index in [4.69, 9.17) is 0 Å². The third-order valence-corrected chi connectivity index (χ3v) is 3.01. The Balaban J connectivity index is 2.00. The van der Waals surface area contributed by atoms with Crippen molar-refractivity contribution in [2.45, 2.75) is 6.54 Å². The fourth-order valence-electron chi connectivity index (χ4n) is 2.05. The molecule has 106 valence electrons. The van der Waals surface area contributed by atoms with Crippen LogP contribution in [0.5, 0.6) is 0 Å². The molecule has 0 saturated heterocycles. The molecule has 2 aromatic heterocycles. The lowest BCUT2D eigenvalue weighted by Gasteiger charge is -2.03. The van der Waals surface area contributed by atoms with Crippen LogP contribution >= 0.6 is 0 Å². The molecule has 0 fully saturated rings. The molecule has 2 N–H and O–H groups in total. The Kier molecular flexibility index (Phi) is 2.87. The van der Waals surface area contributed by atoms with Gasteiger partial charge in [0.1, 0.15) is 0 Å². The summed E-state index contributed by atoms with van der Waals surface area (Å²) in [6, 6.07) is 5.98. The minimum Gasteiger partial charge on any atom is -0.320 e. The molecule has 3 aromatic rings. The lowest BCUT2D eigenvalue weighted by atomic mass is 10.2. The maximum Gasteiger partial charge on any atom is 0.327 e. The highest BCUT2D eigenvalue weighted by atomic mass is 16.6. The summed E-state index contributed by atoms with van der Waals surface area (Å²) in [5.74, 6) is 0. The van der Waals surface area contributed by atoms with E-state index >= 15 is 0 Å². The van der Waals surface area contributed by atoms with E-state index in [2.05, 4.69) is 15.0 Å². The molecule has 3 rings (SSSR count). The van der Waals surface area contributed by atoms with E-state index in [0.29, 0.717) is 6.54 Å². The number of non-ortho nitro benzene ring substituents is 1. The second kappa shape index (κ2) is 4.71. The van der Waals surface area contributed by atoms with Crippen molar-refractivity contribution >= 4 is 16.9 Å². The van der Waals surface area contributed by atoms with E-state index in [1.165, 1.54) is 18.5 Å². The fraction of sp³-hybridized carbons (Fsp3) is 0.0833. The van der Waals surface area contributed by atoms with E-state index in [0.717, 1.165) is 5.56 Å². The average molecular weight is 287 g/mol. The lowest BCUT2D eigenvalue weighted by Crippen LogP contribution is -2.23. The van der Waals surface area contributed by atoms with Gasteiger partial charge in [-0.3, -0.25) is 24.9 Å². The second-order valence-corrected chi connectivity index (χ2v) is 4.40. The zero-order chi connectivity index (χ0) is 15.0. The van der Waals surface area contributed by atoms with Crippen molar-refractivity contribution in [1.29, 1.82) is 0 Å². The van der Waals surface area contributed by atoms with E-state index in [1.807, 2.05) is 0 Å². The third kappa shape index (κ3) is 2.31. The van der Waals surface area contributed by atoms with Gasteiger partial charge in [-0.1, -0.05) is 12.1 Å². The standard InChI is InChI=1S/C12H9N5O4/c18-11-9-10(14-12(19)15-11)13-6-16(9)5-7-1-3-8(4-2-7)17(20)21/h1-4,6H,5H2,(H2,14,15,18,19). The molecule has 0 saturated carbocycles. The number of hydrogen-bond acceptors (Lipinski definition) is 5. The zero-order valence-corrected chi connectivity index (χ0v) is 10.6. The number of aromatic nitrogens is 4. The van der Waals surface area contributed by atoms with Gasteiger partial charge < -0.3 is 4.57 Å². The number of aromatic amines is 2. The number of H-pyrrole nitrogens is 2. The van der Waals surface area contributed by atoms with Crippen molar-refractivity contribution in [3.63, 3.8) is 0 Å². The van der Waals surface area contributed by atoms with Gasteiger partial charge in [0.05, 0.1) is 11.3 Å². The quantitative estimate of drug-likeness (QED) is 0.531. The largest absolute Gasteiger partial charge is 0.327 e. The van der Waals surface area contributed by atoms with E-state index in [-0.39, 0.29) is 16.9 Å². The van der Waals surface area contributed by atoms with Crippen LogP contribution in [0.25, 0.3) is 11.2 Å². The molecule has 0 aliphatic heterocycles. The first-order valence-corrected chi connectivity index (χ1v) is 5.95.